The largest absolute Gasteiger partial charge is 0.495 e. The van der Waals surface area contributed by atoms with Crippen molar-refractivity contribution in [2.24, 2.45) is 0 Å². The van der Waals surface area contributed by atoms with Crippen LogP contribution in [0.3, 0.4) is 0 Å². The lowest BCUT2D eigenvalue weighted by Crippen LogP contribution is -2.13. The molecule has 0 aliphatic rings. The highest BCUT2D eigenvalue weighted by Crippen LogP contribution is 2.27. The summed E-state index contributed by atoms with van der Waals surface area (Å²) in [6.45, 7) is 5.14. The number of rotatable bonds is 9. The molecule has 25 heavy (non-hydrogen) atoms. The molecule has 0 radical (unpaired) electrons. The molecule has 2 aromatic carbocycles. The molecule has 6 nitrogen and oxygen atoms in total. The van der Waals surface area contributed by atoms with E-state index in [4.69, 9.17) is 14.2 Å². The van der Waals surface area contributed by atoms with Gasteiger partial charge in [-0.1, -0.05) is 0 Å². The minimum absolute atomic E-state index is 0.116. The van der Waals surface area contributed by atoms with Crippen molar-refractivity contribution in [3.05, 3.63) is 42.5 Å². The van der Waals surface area contributed by atoms with Gasteiger partial charge in [0.05, 0.1) is 19.4 Å². The van der Waals surface area contributed by atoms with E-state index in [0.717, 1.165) is 17.2 Å². The predicted octanol–water partition coefficient (Wildman–Crippen LogP) is 3.54. The van der Waals surface area contributed by atoms with Gasteiger partial charge < -0.3 is 24.8 Å². The van der Waals surface area contributed by atoms with Crippen molar-refractivity contribution in [3.63, 3.8) is 0 Å². The maximum atomic E-state index is 11.2. The molecule has 6 heteroatoms. The van der Waals surface area contributed by atoms with Crippen molar-refractivity contribution in [1.29, 1.82) is 0 Å². The highest BCUT2D eigenvalue weighted by atomic mass is 16.5. The van der Waals surface area contributed by atoms with Crippen LogP contribution in [0.5, 0.6) is 17.2 Å². The zero-order chi connectivity index (χ0) is 18.1. The van der Waals surface area contributed by atoms with Crippen LogP contribution in [-0.2, 0) is 4.79 Å². The van der Waals surface area contributed by atoms with Crippen molar-refractivity contribution >= 4 is 17.3 Å². The minimum atomic E-state index is -0.116. The third kappa shape index (κ3) is 5.91. The summed E-state index contributed by atoms with van der Waals surface area (Å²) in [6, 6.07) is 12.9. The molecule has 0 spiro atoms. The summed E-state index contributed by atoms with van der Waals surface area (Å²) in [4.78, 5) is 11.2. The van der Waals surface area contributed by atoms with Crippen molar-refractivity contribution in [3.8, 4) is 17.2 Å². The SMILES string of the molecule is CCOc1ccc(OCCNc2cc(NC(C)=O)ccc2OC)cc1. The molecule has 134 valence electrons. The van der Waals surface area contributed by atoms with Gasteiger partial charge in [0, 0.05) is 19.2 Å². The predicted molar refractivity (Wildman–Crippen MR) is 98.9 cm³/mol. The van der Waals surface area contributed by atoms with Gasteiger partial charge in [0.2, 0.25) is 5.91 Å². The molecule has 0 heterocycles. The maximum Gasteiger partial charge on any atom is 0.221 e. The van der Waals surface area contributed by atoms with Gasteiger partial charge in [-0.05, 0) is 49.4 Å². The maximum absolute atomic E-state index is 11.2. The average molecular weight is 344 g/mol. The number of carbonyl (C=O) groups excluding carboxylic acids is 1. The van der Waals surface area contributed by atoms with Crippen LogP contribution in [0.1, 0.15) is 13.8 Å². The monoisotopic (exact) mass is 344 g/mol. The van der Waals surface area contributed by atoms with Gasteiger partial charge >= 0.3 is 0 Å². The van der Waals surface area contributed by atoms with Crippen molar-refractivity contribution in [2.75, 3.05) is 37.5 Å². The molecule has 2 N–H and O–H groups in total. The molecule has 0 bridgehead atoms. The summed E-state index contributed by atoms with van der Waals surface area (Å²) in [5.74, 6) is 2.20. The van der Waals surface area contributed by atoms with Gasteiger partial charge in [-0.15, -0.1) is 0 Å². The lowest BCUT2D eigenvalue weighted by atomic mass is 10.2. The Morgan fingerprint density at radius 2 is 1.72 bits per heavy atom. The summed E-state index contributed by atoms with van der Waals surface area (Å²) in [5.41, 5.74) is 1.51. The van der Waals surface area contributed by atoms with Crippen LogP contribution in [0.4, 0.5) is 11.4 Å². The molecule has 0 saturated carbocycles. The zero-order valence-corrected chi connectivity index (χ0v) is 14.8. The van der Waals surface area contributed by atoms with Gasteiger partial charge in [-0.25, -0.2) is 0 Å². The summed E-state index contributed by atoms with van der Waals surface area (Å²) in [7, 11) is 1.61. The summed E-state index contributed by atoms with van der Waals surface area (Å²) in [6.07, 6.45) is 0. The first-order valence-electron chi connectivity index (χ1n) is 8.17. The fraction of sp³-hybridized carbons (Fsp3) is 0.316. The van der Waals surface area contributed by atoms with Crippen molar-refractivity contribution in [1.82, 2.24) is 0 Å². The number of benzene rings is 2. The van der Waals surface area contributed by atoms with Crippen LogP contribution in [0.25, 0.3) is 0 Å². The molecule has 0 aliphatic carbocycles. The van der Waals surface area contributed by atoms with Gasteiger partial charge in [-0.2, -0.15) is 0 Å². The topological polar surface area (TPSA) is 68.8 Å². The number of methoxy groups -OCH3 is 1. The number of carbonyl (C=O) groups is 1. The molecule has 0 saturated heterocycles. The van der Waals surface area contributed by atoms with E-state index in [0.29, 0.717) is 31.2 Å². The van der Waals surface area contributed by atoms with Crippen molar-refractivity contribution < 1.29 is 19.0 Å². The van der Waals surface area contributed by atoms with E-state index in [9.17, 15) is 4.79 Å². The lowest BCUT2D eigenvalue weighted by Gasteiger charge is -2.14. The van der Waals surface area contributed by atoms with E-state index in [2.05, 4.69) is 10.6 Å². The van der Waals surface area contributed by atoms with Gasteiger partial charge in [0.1, 0.15) is 23.9 Å². The smallest absolute Gasteiger partial charge is 0.221 e. The third-order valence-electron chi connectivity index (χ3n) is 3.34. The Kier molecular flexibility index (Phi) is 6.95. The molecular formula is C19H24N2O4. The fourth-order valence-corrected chi connectivity index (χ4v) is 2.28. The van der Waals surface area contributed by atoms with E-state index in [1.165, 1.54) is 6.92 Å². The van der Waals surface area contributed by atoms with E-state index in [1.807, 2.05) is 37.3 Å². The first-order chi connectivity index (χ1) is 12.1. The Hall–Kier alpha value is -2.89. The van der Waals surface area contributed by atoms with Crippen LogP contribution >= 0.6 is 0 Å². The number of ether oxygens (including phenoxy) is 3. The van der Waals surface area contributed by atoms with Crippen LogP contribution in [0.2, 0.25) is 0 Å². The molecule has 2 rings (SSSR count). The van der Waals surface area contributed by atoms with E-state index in [-0.39, 0.29) is 5.91 Å². The Labute approximate surface area is 148 Å². The molecule has 0 atom stereocenters. The van der Waals surface area contributed by atoms with E-state index < -0.39 is 0 Å². The molecule has 0 aliphatic heterocycles. The van der Waals surface area contributed by atoms with Crippen LogP contribution in [0, 0.1) is 0 Å². The number of nitrogens with one attached hydrogen (secondary N) is 2. The molecule has 2 aromatic rings. The van der Waals surface area contributed by atoms with Crippen molar-refractivity contribution in [2.45, 2.75) is 13.8 Å². The molecule has 1 amide bonds. The zero-order valence-electron chi connectivity index (χ0n) is 14.8. The van der Waals surface area contributed by atoms with Gasteiger partial charge in [0.15, 0.2) is 0 Å². The summed E-state index contributed by atoms with van der Waals surface area (Å²) < 4.78 is 16.4. The molecule has 0 fully saturated rings. The normalized spacial score (nSPS) is 10.0. The van der Waals surface area contributed by atoms with E-state index in [1.54, 1.807) is 19.2 Å². The Morgan fingerprint density at radius 3 is 2.32 bits per heavy atom. The summed E-state index contributed by atoms with van der Waals surface area (Å²) in [5, 5.41) is 6.00. The van der Waals surface area contributed by atoms with Crippen LogP contribution < -0.4 is 24.8 Å². The van der Waals surface area contributed by atoms with Crippen LogP contribution in [0.15, 0.2) is 42.5 Å². The second kappa shape index (κ2) is 9.42. The van der Waals surface area contributed by atoms with Gasteiger partial charge in [-0.3, -0.25) is 4.79 Å². The minimum Gasteiger partial charge on any atom is -0.495 e. The second-order valence-corrected chi connectivity index (χ2v) is 5.28. The number of amides is 1. The Bertz CT molecular complexity index is 686. The fourth-order valence-electron chi connectivity index (χ4n) is 2.28. The number of hydrogen-bond acceptors (Lipinski definition) is 5. The highest BCUT2D eigenvalue weighted by Gasteiger charge is 2.05. The Balaban J connectivity index is 1.86. The third-order valence-corrected chi connectivity index (χ3v) is 3.34. The molecule has 0 aromatic heterocycles. The first kappa shape index (κ1) is 18.4. The Morgan fingerprint density at radius 1 is 1.04 bits per heavy atom. The lowest BCUT2D eigenvalue weighted by molar-refractivity contribution is -0.114. The molecular weight excluding hydrogens is 320 g/mol. The number of anilines is 2. The highest BCUT2D eigenvalue weighted by molar-refractivity contribution is 5.89. The summed E-state index contributed by atoms with van der Waals surface area (Å²) >= 11 is 0. The molecule has 0 unspecified atom stereocenters. The van der Waals surface area contributed by atoms with E-state index >= 15 is 0 Å². The van der Waals surface area contributed by atoms with Gasteiger partial charge in [0.25, 0.3) is 0 Å². The quantitative estimate of drug-likeness (QED) is 0.681. The number of hydrogen-bond donors (Lipinski definition) is 2. The standard InChI is InChI=1S/C19H24N2O4/c1-4-24-16-6-8-17(9-7-16)25-12-11-20-18-13-15(21-14(2)22)5-10-19(18)23-3/h5-10,13,20H,4,11-12H2,1-3H3,(H,21,22). The van der Waals surface area contributed by atoms with Crippen LogP contribution in [-0.4, -0.2) is 32.8 Å². The average Bonchev–Trinajstić information content (AvgIpc) is 2.60. The second-order valence-electron chi connectivity index (χ2n) is 5.28. The first-order valence-corrected chi connectivity index (χ1v) is 8.17.